The summed E-state index contributed by atoms with van der Waals surface area (Å²) >= 11 is 1.58. The molecular formula is C17H15NO2S2. The van der Waals surface area contributed by atoms with Crippen LogP contribution in [0.4, 0.5) is 0 Å². The van der Waals surface area contributed by atoms with Crippen LogP contribution in [-0.4, -0.2) is 14.9 Å². The molecule has 0 aliphatic heterocycles. The van der Waals surface area contributed by atoms with E-state index in [1.807, 2.05) is 60.0 Å². The van der Waals surface area contributed by atoms with E-state index in [0.29, 0.717) is 17.4 Å². The number of benzene rings is 1. The summed E-state index contributed by atoms with van der Waals surface area (Å²) in [5, 5.41) is 1.98. The number of oxazole rings is 1. The van der Waals surface area contributed by atoms with E-state index < -0.39 is 10.8 Å². The Morgan fingerprint density at radius 3 is 2.82 bits per heavy atom. The van der Waals surface area contributed by atoms with Gasteiger partial charge in [-0.25, -0.2) is 4.98 Å². The Balaban J connectivity index is 1.55. The minimum absolute atomic E-state index is 0.411. The van der Waals surface area contributed by atoms with Crippen molar-refractivity contribution in [1.29, 1.82) is 0 Å². The molecule has 2 aromatic heterocycles. The Kier molecular flexibility index (Phi) is 4.98. The maximum atomic E-state index is 12.1. The van der Waals surface area contributed by atoms with Gasteiger partial charge in [0.15, 0.2) is 0 Å². The second-order valence-electron chi connectivity index (χ2n) is 4.69. The fourth-order valence-electron chi connectivity index (χ4n) is 1.97. The van der Waals surface area contributed by atoms with Gasteiger partial charge in [-0.05, 0) is 17.0 Å². The molecule has 0 N–H and O–H groups in total. The second kappa shape index (κ2) is 7.33. The lowest BCUT2D eigenvalue weighted by molar-refractivity contribution is 0.574. The highest BCUT2D eigenvalue weighted by Crippen LogP contribution is 2.23. The van der Waals surface area contributed by atoms with Gasteiger partial charge in [-0.15, -0.1) is 11.3 Å². The fourth-order valence-corrected chi connectivity index (χ4v) is 3.51. The van der Waals surface area contributed by atoms with E-state index in [1.54, 1.807) is 17.6 Å². The number of thiophene rings is 1. The molecule has 0 radical (unpaired) electrons. The lowest BCUT2D eigenvalue weighted by Gasteiger charge is -1.95. The minimum atomic E-state index is -0.984. The van der Waals surface area contributed by atoms with Gasteiger partial charge < -0.3 is 4.42 Å². The molecule has 0 aliphatic carbocycles. The summed E-state index contributed by atoms with van der Waals surface area (Å²) in [5.74, 6) is 1.52. The third kappa shape index (κ3) is 4.02. The smallest absolute Gasteiger partial charge is 0.236 e. The van der Waals surface area contributed by atoms with E-state index in [1.165, 1.54) is 0 Å². The van der Waals surface area contributed by atoms with Gasteiger partial charge in [-0.3, -0.25) is 4.21 Å². The maximum absolute atomic E-state index is 12.1. The van der Waals surface area contributed by atoms with Crippen molar-refractivity contribution in [2.75, 3.05) is 5.75 Å². The van der Waals surface area contributed by atoms with Crippen LogP contribution < -0.4 is 0 Å². The Labute approximate surface area is 135 Å². The molecule has 0 amide bonds. The number of hydrogen-bond acceptors (Lipinski definition) is 4. The van der Waals surface area contributed by atoms with Crippen LogP contribution in [0, 0.1) is 0 Å². The van der Waals surface area contributed by atoms with Crippen molar-refractivity contribution in [3.05, 3.63) is 71.4 Å². The van der Waals surface area contributed by atoms with Gasteiger partial charge in [0, 0.05) is 16.6 Å². The predicted octanol–water partition coefficient (Wildman–Crippen LogP) is 4.37. The number of hydrogen-bond donors (Lipinski definition) is 0. The van der Waals surface area contributed by atoms with Crippen molar-refractivity contribution >= 4 is 28.2 Å². The van der Waals surface area contributed by atoms with Gasteiger partial charge in [0.1, 0.15) is 6.26 Å². The third-order valence-electron chi connectivity index (χ3n) is 2.98. The zero-order valence-corrected chi connectivity index (χ0v) is 13.5. The van der Waals surface area contributed by atoms with E-state index in [-0.39, 0.29) is 0 Å². The highest BCUT2D eigenvalue weighted by Gasteiger charge is 2.09. The normalized spacial score (nSPS) is 12.7. The van der Waals surface area contributed by atoms with Crippen LogP contribution in [0.5, 0.6) is 0 Å². The molecule has 3 nitrogen and oxygen atoms in total. The summed E-state index contributed by atoms with van der Waals surface area (Å²) < 4.78 is 17.5. The summed E-state index contributed by atoms with van der Waals surface area (Å²) in [7, 11) is -0.984. The molecule has 0 spiro atoms. The highest BCUT2D eigenvalue weighted by molar-refractivity contribution is 7.84. The maximum Gasteiger partial charge on any atom is 0.236 e. The first-order valence-corrected chi connectivity index (χ1v) is 9.23. The molecule has 1 atom stereocenters. The van der Waals surface area contributed by atoms with Gasteiger partial charge >= 0.3 is 0 Å². The van der Waals surface area contributed by atoms with Crippen molar-refractivity contribution in [3.63, 3.8) is 0 Å². The Hall–Kier alpha value is -1.98. The van der Waals surface area contributed by atoms with Crippen LogP contribution in [0.15, 0.2) is 64.6 Å². The molecule has 3 aromatic rings. The molecule has 1 aromatic carbocycles. The van der Waals surface area contributed by atoms with Gasteiger partial charge in [0.25, 0.3) is 0 Å². The van der Waals surface area contributed by atoms with E-state index in [9.17, 15) is 4.21 Å². The van der Waals surface area contributed by atoms with E-state index in [4.69, 9.17) is 4.42 Å². The summed E-state index contributed by atoms with van der Waals surface area (Å²) in [4.78, 5) is 5.37. The molecule has 3 rings (SSSR count). The second-order valence-corrected chi connectivity index (χ2v) is 7.13. The molecule has 0 bridgehead atoms. The van der Waals surface area contributed by atoms with Crippen LogP contribution in [0.2, 0.25) is 0 Å². The number of nitrogens with zero attached hydrogens (tertiary/aromatic N) is 1. The first-order valence-electron chi connectivity index (χ1n) is 6.86. The van der Waals surface area contributed by atoms with Gasteiger partial charge in [0.05, 0.1) is 16.3 Å². The summed E-state index contributed by atoms with van der Waals surface area (Å²) in [6.45, 7) is 0. The summed E-state index contributed by atoms with van der Waals surface area (Å²) in [6, 6.07) is 13.9. The molecule has 0 unspecified atom stereocenters. The van der Waals surface area contributed by atoms with E-state index >= 15 is 0 Å². The molecule has 0 aliphatic rings. The molecule has 0 saturated carbocycles. The Bertz CT molecular complexity index is 761. The van der Waals surface area contributed by atoms with Crippen LogP contribution in [0.25, 0.3) is 16.8 Å². The topological polar surface area (TPSA) is 43.1 Å². The molecule has 0 fully saturated rings. The van der Waals surface area contributed by atoms with Crippen molar-refractivity contribution in [3.8, 4) is 10.8 Å². The molecule has 0 saturated heterocycles. The van der Waals surface area contributed by atoms with Gasteiger partial charge in [-0.2, -0.15) is 0 Å². The first-order chi connectivity index (χ1) is 10.8. The average molecular weight is 329 g/mol. The number of rotatable bonds is 6. The SMILES string of the molecule is O=[S@](C/C=C/c1ccccc1)Cc1coc(-c2cccs2)n1. The zero-order chi connectivity index (χ0) is 15.2. The van der Waals surface area contributed by atoms with Crippen molar-refractivity contribution < 1.29 is 8.63 Å². The van der Waals surface area contributed by atoms with E-state index in [0.717, 1.165) is 16.1 Å². The Morgan fingerprint density at radius 1 is 1.18 bits per heavy atom. The van der Waals surface area contributed by atoms with Crippen molar-refractivity contribution in [2.24, 2.45) is 0 Å². The predicted molar refractivity (Wildman–Crippen MR) is 92.0 cm³/mol. The molecule has 2 heterocycles. The summed E-state index contributed by atoms with van der Waals surface area (Å²) in [6.07, 6.45) is 5.51. The van der Waals surface area contributed by atoms with Crippen LogP contribution in [-0.2, 0) is 16.6 Å². The van der Waals surface area contributed by atoms with Crippen LogP contribution >= 0.6 is 11.3 Å². The first kappa shape index (κ1) is 14.9. The molecular weight excluding hydrogens is 314 g/mol. The van der Waals surface area contributed by atoms with E-state index in [2.05, 4.69) is 4.98 Å². The van der Waals surface area contributed by atoms with Crippen molar-refractivity contribution in [1.82, 2.24) is 4.98 Å². The lowest BCUT2D eigenvalue weighted by atomic mass is 10.2. The Morgan fingerprint density at radius 2 is 2.05 bits per heavy atom. The lowest BCUT2D eigenvalue weighted by Crippen LogP contribution is -1.98. The van der Waals surface area contributed by atoms with Crippen molar-refractivity contribution in [2.45, 2.75) is 5.75 Å². The molecule has 112 valence electrons. The fraction of sp³-hybridized carbons (Fsp3) is 0.118. The minimum Gasteiger partial charge on any atom is -0.444 e. The monoisotopic (exact) mass is 329 g/mol. The van der Waals surface area contributed by atoms with Crippen LogP contribution in [0.1, 0.15) is 11.3 Å². The van der Waals surface area contributed by atoms with Gasteiger partial charge in [-0.1, -0.05) is 48.6 Å². The standard InChI is InChI=1S/C17H15NO2S2/c19-22(11-5-8-14-6-2-1-3-7-14)13-15-12-20-17(18-15)16-9-4-10-21-16/h1-10,12H,11,13H2/b8-5+/t22-/m1/s1. The highest BCUT2D eigenvalue weighted by atomic mass is 32.2. The average Bonchev–Trinajstić information content (AvgIpc) is 3.19. The third-order valence-corrected chi connectivity index (χ3v) is 5.02. The van der Waals surface area contributed by atoms with Gasteiger partial charge in [0.2, 0.25) is 5.89 Å². The molecule has 22 heavy (non-hydrogen) atoms. The number of aromatic nitrogens is 1. The quantitative estimate of drug-likeness (QED) is 0.674. The largest absolute Gasteiger partial charge is 0.444 e. The van der Waals surface area contributed by atoms with Crippen LogP contribution in [0.3, 0.4) is 0 Å². The molecule has 5 heteroatoms. The zero-order valence-electron chi connectivity index (χ0n) is 11.8. The summed E-state index contributed by atoms with van der Waals surface area (Å²) in [5.41, 5.74) is 1.84.